The van der Waals surface area contributed by atoms with Gasteiger partial charge < -0.3 is 5.11 Å². The maximum atomic E-state index is 12.1. The van der Waals surface area contributed by atoms with Gasteiger partial charge in [0.2, 0.25) is 0 Å². The highest BCUT2D eigenvalue weighted by Gasteiger charge is 2.36. The SMILES string of the molecule is O=C(O)[C@@H]1CC[C@H]1F. The van der Waals surface area contributed by atoms with Crippen LogP contribution in [0, 0.1) is 5.92 Å². The molecule has 1 N–H and O–H groups in total. The molecule has 0 aromatic carbocycles. The molecule has 1 aliphatic rings. The first-order chi connectivity index (χ1) is 3.72. The molecule has 1 aliphatic carbocycles. The number of rotatable bonds is 1. The maximum absolute atomic E-state index is 12.1. The number of carbonyl (C=O) groups is 1. The Balaban J connectivity index is 2.37. The van der Waals surface area contributed by atoms with Gasteiger partial charge in [0.05, 0.1) is 5.92 Å². The first kappa shape index (κ1) is 5.54. The summed E-state index contributed by atoms with van der Waals surface area (Å²) in [4.78, 5) is 9.95. The smallest absolute Gasteiger partial charge is 0.309 e. The van der Waals surface area contributed by atoms with Crippen LogP contribution in [-0.2, 0) is 4.79 Å². The number of hydrogen-bond acceptors (Lipinski definition) is 1. The quantitative estimate of drug-likeness (QED) is 0.553. The third kappa shape index (κ3) is 0.680. The second-order valence-electron chi connectivity index (χ2n) is 2.04. The average molecular weight is 118 g/mol. The summed E-state index contributed by atoms with van der Waals surface area (Å²) in [6.07, 6.45) is -0.138. The lowest BCUT2D eigenvalue weighted by atomic mass is 9.83. The number of aliphatic carboxylic acids is 1. The summed E-state index contributed by atoms with van der Waals surface area (Å²) in [6, 6.07) is 0. The van der Waals surface area contributed by atoms with E-state index in [4.69, 9.17) is 5.11 Å². The molecule has 1 saturated carbocycles. The Kier molecular flexibility index (Phi) is 1.19. The van der Waals surface area contributed by atoms with Crippen LogP contribution in [0.5, 0.6) is 0 Å². The molecule has 2 atom stereocenters. The summed E-state index contributed by atoms with van der Waals surface area (Å²) in [6.45, 7) is 0. The van der Waals surface area contributed by atoms with Gasteiger partial charge in [-0.15, -0.1) is 0 Å². The van der Waals surface area contributed by atoms with Gasteiger partial charge in [0.15, 0.2) is 0 Å². The minimum absolute atomic E-state index is 0.428. The van der Waals surface area contributed by atoms with Crippen LogP contribution in [-0.4, -0.2) is 17.2 Å². The van der Waals surface area contributed by atoms with E-state index in [1.54, 1.807) is 0 Å². The van der Waals surface area contributed by atoms with E-state index in [9.17, 15) is 9.18 Å². The van der Waals surface area contributed by atoms with E-state index in [0.717, 1.165) is 0 Å². The van der Waals surface area contributed by atoms with E-state index in [0.29, 0.717) is 12.8 Å². The fourth-order valence-corrected chi connectivity index (χ4v) is 0.738. The topological polar surface area (TPSA) is 37.3 Å². The number of halogens is 1. The van der Waals surface area contributed by atoms with Crippen molar-refractivity contribution in [3.05, 3.63) is 0 Å². The number of carboxylic acid groups (broad SMARTS) is 1. The fraction of sp³-hybridized carbons (Fsp3) is 0.800. The molecule has 1 fully saturated rings. The Morgan fingerprint density at radius 2 is 2.25 bits per heavy atom. The molecular formula is C5H7FO2. The number of alkyl halides is 1. The van der Waals surface area contributed by atoms with Crippen molar-refractivity contribution >= 4 is 5.97 Å². The van der Waals surface area contributed by atoms with Gasteiger partial charge in [0.25, 0.3) is 0 Å². The molecule has 0 saturated heterocycles. The molecule has 0 aromatic rings. The minimum atomic E-state index is -1.08. The van der Waals surface area contributed by atoms with Gasteiger partial charge in [-0.25, -0.2) is 4.39 Å². The molecule has 3 heteroatoms. The molecule has 1 rings (SSSR count). The van der Waals surface area contributed by atoms with Crippen LogP contribution in [0.15, 0.2) is 0 Å². The molecule has 0 heterocycles. The van der Waals surface area contributed by atoms with E-state index < -0.39 is 18.1 Å². The summed E-state index contributed by atoms with van der Waals surface area (Å²) < 4.78 is 12.1. The first-order valence-electron chi connectivity index (χ1n) is 2.58. The van der Waals surface area contributed by atoms with Crippen LogP contribution < -0.4 is 0 Å². The van der Waals surface area contributed by atoms with Crippen molar-refractivity contribution in [2.24, 2.45) is 5.92 Å². The predicted octanol–water partition coefficient (Wildman–Crippen LogP) is 0.819. The highest BCUT2D eigenvalue weighted by atomic mass is 19.1. The van der Waals surface area contributed by atoms with E-state index in [1.807, 2.05) is 0 Å². The van der Waals surface area contributed by atoms with Crippen molar-refractivity contribution in [2.45, 2.75) is 19.0 Å². The summed E-state index contributed by atoms with van der Waals surface area (Å²) in [5.41, 5.74) is 0. The molecule has 0 bridgehead atoms. The van der Waals surface area contributed by atoms with Crippen molar-refractivity contribution in [1.82, 2.24) is 0 Å². The molecule has 46 valence electrons. The molecule has 0 amide bonds. The Morgan fingerprint density at radius 3 is 2.25 bits per heavy atom. The molecule has 0 aliphatic heterocycles. The zero-order valence-electron chi connectivity index (χ0n) is 4.30. The minimum Gasteiger partial charge on any atom is -0.481 e. The third-order valence-corrected chi connectivity index (χ3v) is 1.51. The van der Waals surface area contributed by atoms with Crippen molar-refractivity contribution < 1.29 is 14.3 Å². The van der Waals surface area contributed by atoms with Crippen LogP contribution in [0.1, 0.15) is 12.8 Å². The van der Waals surface area contributed by atoms with E-state index in [-0.39, 0.29) is 0 Å². The highest BCUT2D eigenvalue weighted by molar-refractivity contribution is 5.71. The molecule has 0 aromatic heterocycles. The van der Waals surface area contributed by atoms with Gasteiger partial charge in [-0.3, -0.25) is 4.79 Å². The molecule has 8 heavy (non-hydrogen) atoms. The van der Waals surface area contributed by atoms with E-state index in [1.165, 1.54) is 0 Å². The highest BCUT2D eigenvalue weighted by Crippen LogP contribution is 2.29. The maximum Gasteiger partial charge on any atom is 0.309 e. The summed E-state index contributed by atoms with van der Waals surface area (Å²) >= 11 is 0. The molecular weight excluding hydrogens is 111 g/mol. The van der Waals surface area contributed by atoms with Gasteiger partial charge in [-0.2, -0.15) is 0 Å². The summed E-state index contributed by atoms with van der Waals surface area (Å²) in [5, 5.41) is 8.16. The fourth-order valence-electron chi connectivity index (χ4n) is 0.738. The monoisotopic (exact) mass is 118 g/mol. The number of carboxylic acids is 1. The van der Waals surface area contributed by atoms with Crippen molar-refractivity contribution in [1.29, 1.82) is 0 Å². The van der Waals surface area contributed by atoms with Gasteiger partial charge >= 0.3 is 5.97 Å². The van der Waals surface area contributed by atoms with Crippen molar-refractivity contribution in [3.8, 4) is 0 Å². The predicted molar refractivity (Wildman–Crippen MR) is 25.3 cm³/mol. The molecule has 0 spiro atoms. The summed E-state index contributed by atoms with van der Waals surface area (Å²) in [5.74, 6) is -1.70. The summed E-state index contributed by atoms with van der Waals surface area (Å²) in [7, 11) is 0. The zero-order chi connectivity index (χ0) is 6.15. The second kappa shape index (κ2) is 1.73. The van der Waals surface area contributed by atoms with Crippen LogP contribution in [0.3, 0.4) is 0 Å². The average Bonchev–Trinajstić information content (AvgIpc) is 1.61. The van der Waals surface area contributed by atoms with Gasteiger partial charge in [0, 0.05) is 0 Å². The lowest BCUT2D eigenvalue weighted by molar-refractivity contribution is -0.148. The Labute approximate surface area is 46.3 Å². The normalized spacial score (nSPS) is 36.1. The lowest BCUT2D eigenvalue weighted by Gasteiger charge is -2.25. The zero-order valence-corrected chi connectivity index (χ0v) is 4.30. The Morgan fingerprint density at radius 1 is 1.62 bits per heavy atom. The molecule has 2 nitrogen and oxygen atoms in total. The van der Waals surface area contributed by atoms with E-state index in [2.05, 4.69) is 0 Å². The van der Waals surface area contributed by atoms with Crippen LogP contribution in [0.2, 0.25) is 0 Å². The van der Waals surface area contributed by atoms with Crippen molar-refractivity contribution in [2.75, 3.05) is 0 Å². The van der Waals surface area contributed by atoms with E-state index >= 15 is 0 Å². The van der Waals surface area contributed by atoms with Gasteiger partial charge in [-0.1, -0.05) is 0 Å². The van der Waals surface area contributed by atoms with Gasteiger partial charge in [0.1, 0.15) is 6.17 Å². The lowest BCUT2D eigenvalue weighted by Crippen LogP contribution is -2.33. The molecule has 0 radical (unpaired) electrons. The Bertz CT molecular complexity index is 113. The third-order valence-electron chi connectivity index (χ3n) is 1.51. The van der Waals surface area contributed by atoms with Gasteiger partial charge in [-0.05, 0) is 12.8 Å². The standard InChI is InChI=1S/C5H7FO2/c6-4-2-1-3(4)5(7)8/h3-4H,1-2H2,(H,7,8)/t3-,4-/m1/s1. The largest absolute Gasteiger partial charge is 0.481 e. The van der Waals surface area contributed by atoms with Crippen LogP contribution in [0.4, 0.5) is 4.39 Å². The number of hydrogen-bond donors (Lipinski definition) is 1. The Hall–Kier alpha value is -0.600. The second-order valence-corrected chi connectivity index (χ2v) is 2.04. The van der Waals surface area contributed by atoms with Crippen molar-refractivity contribution in [3.63, 3.8) is 0 Å². The first-order valence-corrected chi connectivity index (χ1v) is 2.58. The van der Waals surface area contributed by atoms with Crippen LogP contribution >= 0.6 is 0 Å². The van der Waals surface area contributed by atoms with Crippen LogP contribution in [0.25, 0.3) is 0 Å². The molecule has 0 unspecified atom stereocenters.